The van der Waals surface area contributed by atoms with Crippen molar-refractivity contribution in [2.24, 2.45) is 0 Å². The van der Waals surface area contributed by atoms with Crippen molar-refractivity contribution in [1.29, 1.82) is 0 Å². The number of methoxy groups -OCH3 is 1. The number of fused-ring (bicyclic) bond motifs is 1. The first-order chi connectivity index (χ1) is 8.76. The third kappa shape index (κ3) is 2.64. The van der Waals surface area contributed by atoms with Gasteiger partial charge >= 0.3 is 0 Å². The van der Waals surface area contributed by atoms with Gasteiger partial charge in [0.1, 0.15) is 5.75 Å². The highest BCUT2D eigenvalue weighted by Crippen LogP contribution is 2.36. The molecule has 0 spiro atoms. The van der Waals surface area contributed by atoms with Gasteiger partial charge in [0.05, 0.1) is 13.2 Å². The lowest BCUT2D eigenvalue weighted by Crippen LogP contribution is -2.29. The van der Waals surface area contributed by atoms with E-state index in [4.69, 9.17) is 4.74 Å². The maximum absolute atomic E-state index is 11.7. The summed E-state index contributed by atoms with van der Waals surface area (Å²) < 4.78 is 5.35. The first kappa shape index (κ1) is 12.9. The van der Waals surface area contributed by atoms with Crippen LogP contribution in [0.4, 0.5) is 0 Å². The van der Waals surface area contributed by atoms with Crippen LogP contribution >= 0.6 is 0 Å². The molecule has 4 heteroatoms. The molecular weight excluding hydrogens is 228 g/mol. The topological polar surface area (TPSA) is 50.4 Å². The second kappa shape index (κ2) is 5.87. The van der Waals surface area contributed by atoms with E-state index in [0.717, 1.165) is 18.6 Å². The zero-order valence-corrected chi connectivity index (χ0v) is 11.0. The van der Waals surface area contributed by atoms with Crippen LogP contribution in [0.25, 0.3) is 0 Å². The van der Waals surface area contributed by atoms with E-state index >= 15 is 0 Å². The fraction of sp³-hybridized carbons (Fsp3) is 0.500. The lowest BCUT2D eigenvalue weighted by molar-refractivity contribution is -0.121. The molecule has 4 nitrogen and oxygen atoms in total. The number of benzene rings is 1. The average Bonchev–Trinajstić information content (AvgIpc) is 2.79. The SMILES string of the molecule is CNCCC(=O)NC1CCc2c(OC)cccc21. The lowest BCUT2D eigenvalue weighted by atomic mass is 10.1. The number of carbonyl (C=O) groups excluding carboxylic acids is 1. The van der Waals surface area contributed by atoms with Gasteiger partial charge in [-0.1, -0.05) is 12.1 Å². The van der Waals surface area contributed by atoms with Crippen LogP contribution in [-0.4, -0.2) is 26.6 Å². The number of hydrogen-bond acceptors (Lipinski definition) is 3. The molecule has 0 aromatic heterocycles. The highest BCUT2D eigenvalue weighted by molar-refractivity contribution is 5.77. The van der Waals surface area contributed by atoms with Crippen LogP contribution in [0, 0.1) is 0 Å². The van der Waals surface area contributed by atoms with Gasteiger partial charge in [0.2, 0.25) is 5.91 Å². The molecular formula is C14H20N2O2. The fourth-order valence-corrected chi connectivity index (χ4v) is 2.47. The Bertz CT molecular complexity index is 432. The Balaban J connectivity index is 2.05. The smallest absolute Gasteiger partial charge is 0.221 e. The van der Waals surface area contributed by atoms with E-state index in [1.54, 1.807) is 7.11 Å². The van der Waals surface area contributed by atoms with E-state index in [1.807, 2.05) is 19.2 Å². The minimum Gasteiger partial charge on any atom is -0.496 e. The Kier molecular flexibility index (Phi) is 4.20. The molecule has 0 heterocycles. The summed E-state index contributed by atoms with van der Waals surface area (Å²) in [6.45, 7) is 0.712. The van der Waals surface area contributed by atoms with Crippen molar-refractivity contribution >= 4 is 5.91 Å². The van der Waals surface area contributed by atoms with E-state index in [1.165, 1.54) is 11.1 Å². The predicted octanol–water partition coefficient (Wildman–Crippen LogP) is 1.41. The largest absolute Gasteiger partial charge is 0.496 e. The summed E-state index contributed by atoms with van der Waals surface area (Å²) in [5, 5.41) is 6.07. The molecule has 1 amide bonds. The number of nitrogens with one attached hydrogen (secondary N) is 2. The third-order valence-corrected chi connectivity index (χ3v) is 3.38. The second-order valence-electron chi connectivity index (χ2n) is 4.54. The quantitative estimate of drug-likeness (QED) is 0.828. The van der Waals surface area contributed by atoms with Crippen LogP contribution in [0.3, 0.4) is 0 Å². The first-order valence-corrected chi connectivity index (χ1v) is 6.36. The summed E-state index contributed by atoms with van der Waals surface area (Å²) in [6.07, 6.45) is 2.45. The van der Waals surface area contributed by atoms with Gasteiger partial charge in [-0.25, -0.2) is 0 Å². The Morgan fingerprint density at radius 2 is 2.33 bits per heavy atom. The lowest BCUT2D eigenvalue weighted by Gasteiger charge is -2.14. The van der Waals surface area contributed by atoms with Crippen LogP contribution in [0.1, 0.15) is 30.0 Å². The number of rotatable bonds is 5. The van der Waals surface area contributed by atoms with E-state index in [-0.39, 0.29) is 11.9 Å². The highest BCUT2D eigenvalue weighted by Gasteiger charge is 2.25. The standard InChI is InChI=1S/C14H20N2O2/c1-15-9-8-14(17)16-12-7-6-11-10(12)4-3-5-13(11)18-2/h3-5,12,15H,6-9H2,1-2H3,(H,16,17). The van der Waals surface area contributed by atoms with E-state index < -0.39 is 0 Å². The molecule has 0 bridgehead atoms. The van der Waals surface area contributed by atoms with Gasteiger partial charge in [0, 0.05) is 13.0 Å². The summed E-state index contributed by atoms with van der Waals surface area (Å²) >= 11 is 0. The van der Waals surface area contributed by atoms with E-state index in [2.05, 4.69) is 16.7 Å². The Morgan fingerprint density at radius 3 is 3.06 bits per heavy atom. The zero-order valence-electron chi connectivity index (χ0n) is 11.0. The van der Waals surface area contributed by atoms with Gasteiger partial charge in [-0.15, -0.1) is 0 Å². The van der Waals surface area contributed by atoms with Crippen LogP contribution in [0.15, 0.2) is 18.2 Å². The number of amides is 1. The Morgan fingerprint density at radius 1 is 1.50 bits per heavy atom. The molecule has 98 valence electrons. The molecule has 2 N–H and O–H groups in total. The molecule has 0 radical (unpaired) electrons. The number of hydrogen-bond donors (Lipinski definition) is 2. The van der Waals surface area contributed by atoms with Gasteiger partial charge in [-0.2, -0.15) is 0 Å². The van der Waals surface area contributed by atoms with Crippen molar-refractivity contribution in [3.8, 4) is 5.75 Å². The fourth-order valence-electron chi connectivity index (χ4n) is 2.47. The molecule has 2 rings (SSSR count). The summed E-state index contributed by atoms with van der Waals surface area (Å²) in [5.41, 5.74) is 2.44. The summed E-state index contributed by atoms with van der Waals surface area (Å²) in [4.78, 5) is 11.7. The zero-order chi connectivity index (χ0) is 13.0. The van der Waals surface area contributed by atoms with Crippen LogP contribution in [-0.2, 0) is 11.2 Å². The number of ether oxygens (including phenoxy) is 1. The molecule has 0 aliphatic heterocycles. The van der Waals surface area contributed by atoms with Gasteiger partial charge in [-0.05, 0) is 37.1 Å². The molecule has 1 aliphatic carbocycles. The van der Waals surface area contributed by atoms with Crippen molar-refractivity contribution in [1.82, 2.24) is 10.6 Å². The van der Waals surface area contributed by atoms with Crippen molar-refractivity contribution in [2.75, 3.05) is 20.7 Å². The molecule has 1 aliphatic rings. The van der Waals surface area contributed by atoms with Gasteiger partial charge in [-0.3, -0.25) is 4.79 Å². The summed E-state index contributed by atoms with van der Waals surface area (Å²) in [7, 11) is 3.54. The minimum atomic E-state index is 0.102. The highest BCUT2D eigenvalue weighted by atomic mass is 16.5. The van der Waals surface area contributed by atoms with Crippen LogP contribution < -0.4 is 15.4 Å². The Labute approximate surface area is 108 Å². The van der Waals surface area contributed by atoms with Crippen LogP contribution in [0.5, 0.6) is 5.75 Å². The summed E-state index contributed by atoms with van der Waals surface area (Å²) in [6, 6.07) is 6.17. The van der Waals surface area contributed by atoms with Crippen molar-refractivity contribution < 1.29 is 9.53 Å². The van der Waals surface area contributed by atoms with Gasteiger partial charge in [0.15, 0.2) is 0 Å². The van der Waals surface area contributed by atoms with Gasteiger partial charge in [0.25, 0.3) is 0 Å². The van der Waals surface area contributed by atoms with Crippen molar-refractivity contribution in [3.05, 3.63) is 29.3 Å². The molecule has 1 atom stereocenters. The maximum atomic E-state index is 11.7. The van der Waals surface area contributed by atoms with Gasteiger partial charge < -0.3 is 15.4 Å². The van der Waals surface area contributed by atoms with E-state index in [9.17, 15) is 4.79 Å². The minimum absolute atomic E-state index is 0.102. The third-order valence-electron chi connectivity index (χ3n) is 3.38. The molecule has 0 saturated carbocycles. The first-order valence-electron chi connectivity index (χ1n) is 6.36. The van der Waals surface area contributed by atoms with Crippen molar-refractivity contribution in [2.45, 2.75) is 25.3 Å². The monoisotopic (exact) mass is 248 g/mol. The second-order valence-corrected chi connectivity index (χ2v) is 4.54. The summed E-state index contributed by atoms with van der Waals surface area (Å²) in [5.74, 6) is 1.03. The maximum Gasteiger partial charge on any atom is 0.221 e. The molecule has 0 fully saturated rings. The molecule has 1 unspecified atom stereocenters. The average molecular weight is 248 g/mol. The Hall–Kier alpha value is -1.55. The molecule has 0 saturated heterocycles. The molecule has 1 aromatic carbocycles. The molecule has 1 aromatic rings. The normalized spacial score (nSPS) is 17.3. The number of carbonyl (C=O) groups is 1. The van der Waals surface area contributed by atoms with E-state index in [0.29, 0.717) is 13.0 Å². The predicted molar refractivity (Wildman–Crippen MR) is 70.7 cm³/mol. The van der Waals surface area contributed by atoms with Crippen LogP contribution in [0.2, 0.25) is 0 Å². The molecule has 18 heavy (non-hydrogen) atoms. The van der Waals surface area contributed by atoms with Crippen molar-refractivity contribution in [3.63, 3.8) is 0 Å².